The number of carbonyl (C=O) groups is 1. The number of carbonyl (C=O) groups excluding carboxylic acids is 1. The summed E-state index contributed by atoms with van der Waals surface area (Å²) in [6, 6.07) is 4.66. The summed E-state index contributed by atoms with van der Waals surface area (Å²) in [6.07, 6.45) is 0.109. The zero-order chi connectivity index (χ0) is 9.84. The molecule has 13 heavy (non-hydrogen) atoms. The number of rotatable bonds is 3. The van der Waals surface area contributed by atoms with Gasteiger partial charge in [-0.25, -0.2) is 0 Å². The quantitative estimate of drug-likeness (QED) is 0.793. The third-order valence-corrected chi connectivity index (χ3v) is 2.32. The maximum atomic E-state index is 11.2. The van der Waals surface area contributed by atoms with Crippen LogP contribution in [0.5, 0.6) is 0 Å². The largest absolute Gasteiger partial charge is 0.396 e. The summed E-state index contributed by atoms with van der Waals surface area (Å²) in [4.78, 5) is 11.2. The van der Waals surface area contributed by atoms with Crippen molar-refractivity contribution >= 4 is 29.0 Å². The second-order valence-corrected chi connectivity index (χ2v) is 3.34. The van der Waals surface area contributed by atoms with E-state index in [1.54, 1.807) is 12.1 Å². The molecule has 70 valence electrons. The average molecular weight is 219 g/mol. The van der Waals surface area contributed by atoms with E-state index in [2.05, 4.69) is 0 Å². The summed E-state index contributed by atoms with van der Waals surface area (Å²) in [6.45, 7) is -0.154. The monoisotopic (exact) mass is 218 g/mol. The highest BCUT2D eigenvalue weighted by molar-refractivity contribution is 6.42. The molecule has 1 rings (SSSR count). The number of ketones is 1. The van der Waals surface area contributed by atoms with Crippen LogP contribution in [0.15, 0.2) is 18.2 Å². The van der Waals surface area contributed by atoms with E-state index in [1.807, 2.05) is 0 Å². The Labute approximate surface area is 86.1 Å². The smallest absolute Gasteiger partial charge is 0.165 e. The van der Waals surface area contributed by atoms with Gasteiger partial charge in [-0.15, -0.1) is 0 Å². The van der Waals surface area contributed by atoms with E-state index in [0.29, 0.717) is 15.6 Å². The molecule has 0 unspecified atom stereocenters. The molecule has 0 amide bonds. The van der Waals surface area contributed by atoms with Gasteiger partial charge in [0.15, 0.2) is 5.78 Å². The normalized spacial score (nSPS) is 10.1. The lowest BCUT2D eigenvalue weighted by Crippen LogP contribution is -2.01. The Morgan fingerprint density at radius 1 is 1.31 bits per heavy atom. The van der Waals surface area contributed by atoms with Crippen molar-refractivity contribution < 1.29 is 9.90 Å². The predicted octanol–water partition coefficient (Wildman–Crippen LogP) is 2.56. The molecule has 0 spiro atoms. The lowest BCUT2D eigenvalue weighted by Gasteiger charge is -2.00. The highest BCUT2D eigenvalue weighted by Gasteiger charge is 2.06. The fourth-order valence-corrected chi connectivity index (χ4v) is 1.21. The molecule has 0 aliphatic heterocycles. The second kappa shape index (κ2) is 4.61. The standard InChI is InChI=1S/C9H8Cl2O2/c10-7-2-1-6(5-8(7)11)9(13)3-4-12/h1-2,5,12H,3-4H2. The Morgan fingerprint density at radius 3 is 2.54 bits per heavy atom. The Bertz CT molecular complexity index is 323. The third-order valence-electron chi connectivity index (χ3n) is 1.58. The van der Waals surface area contributed by atoms with E-state index in [1.165, 1.54) is 6.07 Å². The molecule has 0 aromatic heterocycles. The highest BCUT2D eigenvalue weighted by atomic mass is 35.5. The van der Waals surface area contributed by atoms with E-state index in [0.717, 1.165) is 0 Å². The van der Waals surface area contributed by atoms with Gasteiger partial charge in [0.1, 0.15) is 0 Å². The maximum absolute atomic E-state index is 11.2. The molecule has 2 nitrogen and oxygen atoms in total. The van der Waals surface area contributed by atoms with Crippen molar-refractivity contribution in [1.29, 1.82) is 0 Å². The molecule has 0 aliphatic carbocycles. The molecule has 0 radical (unpaired) electrons. The van der Waals surface area contributed by atoms with Gasteiger partial charge in [0.25, 0.3) is 0 Å². The Hall–Kier alpha value is -0.570. The number of hydrogen-bond acceptors (Lipinski definition) is 2. The van der Waals surface area contributed by atoms with E-state index in [-0.39, 0.29) is 18.8 Å². The molecule has 1 aromatic rings. The van der Waals surface area contributed by atoms with Crippen LogP contribution in [0, 0.1) is 0 Å². The first-order valence-electron chi connectivity index (χ1n) is 3.74. The van der Waals surface area contributed by atoms with Crippen molar-refractivity contribution in [3.05, 3.63) is 33.8 Å². The van der Waals surface area contributed by atoms with Gasteiger partial charge < -0.3 is 5.11 Å². The van der Waals surface area contributed by atoms with Crippen molar-refractivity contribution in [2.45, 2.75) is 6.42 Å². The van der Waals surface area contributed by atoms with Crippen LogP contribution in [0.1, 0.15) is 16.8 Å². The topological polar surface area (TPSA) is 37.3 Å². The number of aliphatic hydroxyl groups excluding tert-OH is 1. The van der Waals surface area contributed by atoms with Crippen LogP contribution in [0.4, 0.5) is 0 Å². The summed E-state index contributed by atoms with van der Waals surface area (Å²) >= 11 is 11.4. The lowest BCUT2D eigenvalue weighted by atomic mass is 10.1. The molecular weight excluding hydrogens is 211 g/mol. The minimum Gasteiger partial charge on any atom is -0.396 e. The van der Waals surface area contributed by atoms with Crippen molar-refractivity contribution in [2.75, 3.05) is 6.61 Å². The van der Waals surface area contributed by atoms with Crippen LogP contribution in [0.3, 0.4) is 0 Å². The first-order valence-corrected chi connectivity index (χ1v) is 4.50. The summed E-state index contributed by atoms with van der Waals surface area (Å²) < 4.78 is 0. The molecule has 0 fully saturated rings. The van der Waals surface area contributed by atoms with Crippen LogP contribution in [0.2, 0.25) is 10.0 Å². The highest BCUT2D eigenvalue weighted by Crippen LogP contribution is 2.22. The fourth-order valence-electron chi connectivity index (χ4n) is 0.915. The summed E-state index contributed by atoms with van der Waals surface area (Å²) in [7, 11) is 0. The van der Waals surface area contributed by atoms with Crippen molar-refractivity contribution in [3.8, 4) is 0 Å². The van der Waals surface area contributed by atoms with E-state index in [9.17, 15) is 4.79 Å². The first-order chi connectivity index (χ1) is 6.15. The third kappa shape index (κ3) is 2.69. The van der Waals surface area contributed by atoms with Gasteiger partial charge in [-0.2, -0.15) is 0 Å². The second-order valence-electron chi connectivity index (χ2n) is 2.53. The maximum Gasteiger partial charge on any atom is 0.165 e. The van der Waals surface area contributed by atoms with Gasteiger partial charge in [0, 0.05) is 12.0 Å². The Balaban J connectivity index is 2.90. The van der Waals surface area contributed by atoms with Gasteiger partial charge in [-0.3, -0.25) is 4.79 Å². The Morgan fingerprint density at radius 2 is 2.00 bits per heavy atom. The van der Waals surface area contributed by atoms with Gasteiger partial charge in [0.2, 0.25) is 0 Å². The van der Waals surface area contributed by atoms with Crippen molar-refractivity contribution in [2.24, 2.45) is 0 Å². The fraction of sp³-hybridized carbons (Fsp3) is 0.222. The van der Waals surface area contributed by atoms with Crippen LogP contribution in [0.25, 0.3) is 0 Å². The number of aliphatic hydroxyl groups is 1. The van der Waals surface area contributed by atoms with Gasteiger partial charge >= 0.3 is 0 Å². The van der Waals surface area contributed by atoms with E-state index >= 15 is 0 Å². The average Bonchev–Trinajstić information content (AvgIpc) is 2.10. The minimum absolute atomic E-state index is 0.109. The summed E-state index contributed by atoms with van der Waals surface area (Å²) in [5.41, 5.74) is 0.475. The van der Waals surface area contributed by atoms with Gasteiger partial charge in [0.05, 0.1) is 16.7 Å². The van der Waals surface area contributed by atoms with Gasteiger partial charge in [-0.05, 0) is 18.2 Å². The number of Topliss-reactive ketones (excluding diaryl/α,β-unsaturated/α-hetero) is 1. The summed E-state index contributed by atoms with van der Waals surface area (Å²) in [5, 5.41) is 9.31. The van der Waals surface area contributed by atoms with Crippen molar-refractivity contribution in [3.63, 3.8) is 0 Å². The minimum atomic E-state index is -0.154. The zero-order valence-corrected chi connectivity index (χ0v) is 8.27. The van der Waals surface area contributed by atoms with Crippen LogP contribution < -0.4 is 0 Å². The number of hydrogen-bond donors (Lipinski definition) is 1. The molecule has 1 aromatic carbocycles. The first kappa shape index (κ1) is 10.5. The Kier molecular flexibility index (Phi) is 3.72. The molecule has 0 saturated carbocycles. The number of benzene rings is 1. The van der Waals surface area contributed by atoms with E-state index < -0.39 is 0 Å². The molecule has 0 heterocycles. The number of halogens is 2. The van der Waals surface area contributed by atoms with Crippen LogP contribution in [-0.4, -0.2) is 17.5 Å². The van der Waals surface area contributed by atoms with Crippen LogP contribution in [-0.2, 0) is 0 Å². The molecule has 4 heteroatoms. The molecule has 0 atom stereocenters. The predicted molar refractivity (Wildman–Crippen MR) is 52.5 cm³/mol. The SMILES string of the molecule is O=C(CCO)c1ccc(Cl)c(Cl)c1. The lowest BCUT2D eigenvalue weighted by molar-refractivity contribution is 0.0956. The van der Waals surface area contributed by atoms with Crippen molar-refractivity contribution in [1.82, 2.24) is 0 Å². The molecule has 1 N–H and O–H groups in total. The zero-order valence-electron chi connectivity index (χ0n) is 6.76. The molecule has 0 aliphatic rings. The van der Waals surface area contributed by atoms with Gasteiger partial charge in [-0.1, -0.05) is 23.2 Å². The molecule has 0 bridgehead atoms. The van der Waals surface area contributed by atoms with E-state index in [4.69, 9.17) is 28.3 Å². The summed E-state index contributed by atoms with van der Waals surface area (Å²) in [5.74, 6) is -0.138. The van der Waals surface area contributed by atoms with Crippen LogP contribution >= 0.6 is 23.2 Å². The molecular formula is C9H8Cl2O2. The molecule has 0 saturated heterocycles.